The fourth-order valence-electron chi connectivity index (χ4n) is 2.52. The Hall–Kier alpha value is -1.61. The van der Waals surface area contributed by atoms with E-state index in [0.717, 1.165) is 22.9 Å². The molecule has 0 fully saturated rings. The van der Waals surface area contributed by atoms with Gasteiger partial charge in [-0.2, -0.15) is 0 Å². The molecule has 2 N–H and O–H groups in total. The first-order valence-corrected chi connectivity index (χ1v) is 6.74. The molecule has 0 saturated heterocycles. The van der Waals surface area contributed by atoms with Crippen LogP contribution in [-0.4, -0.2) is 11.1 Å². The summed E-state index contributed by atoms with van der Waals surface area (Å²) in [4.78, 5) is 12.6. The van der Waals surface area contributed by atoms with Crippen molar-refractivity contribution in [2.24, 2.45) is 12.8 Å². The summed E-state index contributed by atoms with van der Waals surface area (Å²) in [6.07, 6.45) is 0.921. The zero-order valence-electron chi connectivity index (χ0n) is 12.2. The summed E-state index contributed by atoms with van der Waals surface area (Å²) in [5.41, 5.74) is 8.59. The van der Waals surface area contributed by atoms with Gasteiger partial charge < -0.3 is 10.3 Å². The molecule has 102 valence electrons. The Morgan fingerprint density at radius 2 is 2.00 bits per heavy atom. The van der Waals surface area contributed by atoms with Crippen molar-refractivity contribution in [1.29, 1.82) is 0 Å². The second-order valence-electron chi connectivity index (χ2n) is 5.72. The Kier molecular flexibility index (Phi) is 3.50. The van der Waals surface area contributed by atoms with Gasteiger partial charge in [-0.25, -0.2) is 0 Å². The van der Waals surface area contributed by atoms with Crippen LogP contribution in [0, 0.1) is 0 Å². The smallest absolute Gasteiger partial charge is 0.254 e. The van der Waals surface area contributed by atoms with Gasteiger partial charge in [0.15, 0.2) is 0 Å². The van der Waals surface area contributed by atoms with Gasteiger partial charge in [-0.15, -0.1) is 0 Å². The van der Waals surface area contributed by atoms with E-state index in [1.54, 1.807) is 4.57 Å². The third-order valence-electron chi connectivity index (χ3n) is 3.94. The van der Waals surface area contributed by atoms with Crippen LogP contribution >= 0.6 is 0 Å². The maximum absolute atomic E-state index is 12.6. The van der Waals surface area contributed by atoms with Gasteiger partial charge in [0.05, 0.1) is 5.52 Å². The van der Waals surface area contributed by atoms with Crippen molar-refractivity contribution in [2.75, 3.05) is 6.54 Å². The zero-order valence-corrected chi connectivity index (χ0v) is 12.2. The number of aryl methyl sites for hydroxylation is 2. The van der Waals surface area contributed by atoms with Gasteiger partial charge in [0.2, 0.25) is 0 Å². The average Bonchev–Trinajstić information content (AvgIpc) is 2.41. The molecule has 0 aliphatic carbocycles. The van der Waals surface area contributed by atoms with Crippen molar-refractivity contribution in [2.45, 2.75) is 32.6 Å². The summed E-state index contributed by atoms with van der Waals surface area (Å²) >= 11 is 0. The van der Waals surface area contributed by atoms with Gasteiger partial charge in [-0.1, -0.05) is 39.0 Å². The van der Waals surface area contributed by atoms with Crippen LogP contribution in [0.3, 0.4) is 0 Å². The van der Waals surface area contributed by atoms with Crippen LogP contribution in [0.4, 0.5) is 0 Å². The predicted octanol–water partition coefficient (Wildman–Crippen LogP) is 2.34. The van der Waals surface area contributed by atoms with Crippen molar-refractivity contribution in [3.63, 3.8) is 0 Å². The average molecular weight is 258 g/mol. The molecule has 0 aliphatic heterocycles. The zero-order chi connectivity index (χ0) is 14.2. The van der Waals surface area contributed by atoms with Crippen molar-refractivity contribution >= 4 is 10.9 Å². The third kappa shape index (κ3) is 2.19. The lowest BCUT2D eigenvalue weighted by molar-refractivity contribution is 0.529. The number of fused-ring (bicyclic) bond motifs is 1. The van der Waals surface area contributed by atoms with Crippen molar-refractivity contribution in [3.05, 3.63) is 45.7 Å². The van der Waals surface area contributed by atoms with Gasteiger partial charge in [0.25, 0.3) is 5.56 Å². The van der Waals surface area contributed by atoms with E-state index >= 15 is 0 Å². The lowest BCUT2D eigenvalue weighted by Gasteiger charge is -2.24. The number of rotatable bonds is 3. The van der Waals surface area contributed by atoms with Gasteiger partial charge >= 0.3 is 0 Å². The topological polar surface area (TPSA) is 48.0 Å². The fourth-order valence-corrected chi connectivity index (χ4v) is 2.52. The molecular formula is C16H22N2O. The third-order valence-corrected chi connectivity index (χ3v) is 3.94. The van der Waals surface area contributed by atoms with Crippen molar-refractivity contribution in [1.82, 2.24) is 4.57 Å². The number of para-hydroxylation sites is 1. The standard InChI is InChI=1S/C16H22N2O/c1-5-11-7-6-8-12-9-13(16(2,3)10-17)15(19)18(4)14(11)12/h6-9H,5,10,17H2,1-4H3. The largest absolute Gasteiger partial charge is 0.330 e. The highest BCUT2D eigenvalue weighted by Crippen LogP contribution is 2.24. The minimum Gasteiger partial charge on any atom is -0.330 e. The maximum atomic E-state index is 12.6. The molecular weight excluding hydrogens is 236 g/mol. The van der Waals surface area contributed by atoms with Crippen LogP contribution in [0.15, 0.2) is 29.1 Å². The first kappa shape index (κ1) is 13.8. The molecule has 1 aromatic carbocycles. The molecule has 1 aromatic heterocycles. The van der Waals surface area contributed by atoms with Crippen LogP contribution in [0.25, 0.3) is 10.9 Å². The number of benzene rings is 1. The summed E-state index contributed by atoms with van der Waals surface area (Å²) < 4.78 is 1.76. The van der Waals surface area contributed by atoms with E-state index < -0.39 is 0 Å². The molecule has 0 atom stereocenters. The number of nitrogens with two attached hydrogens (primary N) is 1. The molecule has 3 nitrogen and oxygen atoms in total. The van der Waals surface area contributed by atoms with Gasteiger partial charge in [0, 0.05) is 24.6 Å². The molecule has 2 aromatic rings. The number of aromatic nitrogens is 1. The second-order valence-corrected chi connectivity index (χ2v) is 5.72. The predicted molar refractivity (Wildman–Crippen MR) is 80.6 cm³/mol. The van der Waals surface area contributed by atoms with Crippen LogP contribution in [0.1, 0.15) is 31.9 Å². The number of hydrogen-bond acceptors (Lipinski definition) is 2. The quantitative estimate of drug-likeness (QED) is 0.918. The molecule has 1 heterocycles. The van der Waals surface area contributed by atoms with Crippen LogP contribution < -0.4 is 11.3 Å². The van der Waals surface area contributed by atoms with Crippen LogP contribution in [0.5, 0.6) is 0 Å². The van der Waals surface area contributed by atoms with Crippen molar-refractivity contribution < 1.29 is 0 Å². The first-order valence-electron chi connectivity index (χ1n) is 6.74. The molecule has 0 saturated carbocycles. The van der Waals surface area contributed by atoms with E-state index in [9.17, 15) is 4.79 Å². The Morgan fingerprint density at radius 3 is 2.58 bits per heavy atom. The van der Waals surface area contributed by atoms with Crippen LogP contribution in [-0.2, 0) is 18.9 Å². The van der Waals surface area contributed by atoms with E-state index in [-0.39, 0.29) is 11.0 Å². The van der Waals surface area contributed by atoms with E-state index in [1.807, 2.05) is 33.0 Å². The molecule has 3 heteroatoms. The van der Waals surface area contributed by atoms with Crippen LogP contribution in [0.2, 0.25) is 0 Å². The highest BCUT2D eigenvalue weighted by atomic mass is 16.1. The lowest BCUT2D eigenvalue weighted by Crippen LogP contribution is -2.36. The fraction of sp³-hybridized carbons (Fsp3) is 0.438. The Bertz CT molecular complexity index is 668. The molecule has 0 unspecified atom stereocenters. The minimum absolute atomic E-state index is 0.0591. The lowest BCUT2D eigenvalue weighted by atomic mass is 9.84. The van der Waals surface area contributed by atoms with Gasteiger partial charge in [-0.05, 0) is 23.4 Å². The Morgan fingerprint density at radius 1 is 1.32 bits per heavy atom. The molecule has 0 spiro atoms. The molecule has 0 aliphatic rings. The number of pyridine rings is 1. The summed E-state index contributed by atoms with van der Waals surface area (Å²) in [6.45, 7) is 6.59. The minimum atomic E-state index is -0.300. The highest BCUT2D eigenvalue weighted by molar-refractivity contribution is 5.83. The van der Waals surface area contributed by atoms with Gasteiger partial charge in [-0.3, -0.25) is 4.79 Å². The molecule has 0 bridgehead atoms. The second kappa shape index (κ2) is 4.82. The van der Waals surface area contributed by atoms with Crippen molar-refractivity contribution in [3.8, 4) is 0 Å². The summed E-state index contributed by atoms with van der Waals surface area (Å²) in [7, 11) is 1.85. The molecule has 19 heavy (non-hydrogen) atoms. The first-order chi connectivity index (χ1) is 8.92. The molecule has 0 radical (unpaired) electrons. The normalized spacial score (nSPS) is 12.1. The van der Waals surface area contributed by atoms with Gasteiger partial charge in [0.1, 0.15) is 0 Å². The van der Waals surface area contributed by atoms with E-state index in [0.29, 0.717) is 6.54 Å². The highest BCUT2D eigenvalue weighted by Gasteiger charge is 2.23. The number of nitrogens with zero attached hydrogens (tertiary/aromatic N) is 1. The summed E-state index contributed by atoms with van der Waals surface area (Å²) in [5, 5.41) is 1.11. The maximum Gasteiger partial charge on any atom is 0.254 e. The number of hydrogen-bond donors (Lipinski definition) is 1. The van der Waals surface area contributed by atoms with E-state index in [1.165, 1.54) is 5.56 Å². The monoisotopic (exact) mass is 258 g/mol. The van der Waals surface area contributed by atoms with E-state index in [2.05, 4.69) is 19.1 Å². The summed E-state index contributed by atoms with van der Waals surface area (Å²) in [5.74, 6) is 0. The summed E-state index contributed by atoms with van der Waals surface area (Å²) in [6, 6.07) is 8.19. The molecule has 2 rings (SSSR count). The SMILES string of the molecule is CCc1cccc2cc(C(C)(C)CN)c(=O)n(C)c12. The Balaban J connectivity index is 2.88. The molecule has 0 amide bonds. The van der Waals surface area contributed by atoms with E-state index in [4.69, 9.17) is 5.73 Å². The Labute approximate surface area is 114 Å².